The average Bonchev–Trinajstić information content (AvgIpc) is 2.84. The van der Waals surface area contributed by atoms with E-state index in [1.54, 1.807) is 6.07 Å². The van der Waals surface area contributed by atoms with Gasteiger partial charge < -0.3 is 9.52 Å². The van der Waals surface area contributed by atoms with Crippen molar-refractivity contribution in [3.8, 4) is 11.5 Å². The Morgan fingerprint density at radius 2 is 2.10 bits per heavy atom. The van der Waals surface area contributed by atoms with Crippen LogP contribution in [0.4, 0.5) is 0 Å². The van der Waals surface area contributed by atoms with Gasteiger partial charge in [0.15, 0.2) is 5.58 Å². The molecule has 0 saturated heterocycles. The average molecular weight is 332 g/mol. The molecule has 1 aromatic heterocycles. The third kappa shape index (κ3) is 2.10. The third-order valence-electron chi connectivity index (χ3n) is 3.13. The molecular weight excluding hydrogens is 322 g/mol. The van der Waals surface area contributed by atoms with Gasteiger partial charge in [-0.25, -0.2) is 9.78 Å². The number of carboxylic acids is 1. The number of nitrogens with zero attached hydrogens (tertiary/aromatic N) is 1. The molecule has 1 heterocycles. The molecule has 0 unspecified atom stereocenters. The number of fused-ring (bicyclic) bond motifs is 1. The van der Waals surface area contributed by atoms with E-state index < -0.39 is 5.97 Å². The normalized spacial score (nSPS) is 10.9. The maximum atomic E-state index is 11.0. The van der Waals surface area contributed by atoms with E-state index in [-0.39, 0.29) is 5.56 Å². The van der Waals surface area contributed by atoms with Crippen molar-refractivity contribution in [3.63, 3.8) is 0 Å². The molecule has 0 radical (unpaired) electrons. The molecule has 0 spiro atoms. The van der Waals surface area contributed by atoms with Crippen LogP contribution < -0.4 is 0 Å². The smallest absolute Gasteiger partial charge is 0.335 e. The molecule has 0 bridgehead atoms. The van der Waals surface area contributed by atoms with Crippen molar-refractivity contribution in [1.82, 2.24) is 4.98 Å². The summed E-state index contributed by atoms with van der Waals surface area (Å²) in [7, 11) is 0. The fourth-order valence-electron chi connectivity index (χ4n) is 2.01. The zero-order valence-corrected chi connectivity index (χ0v) is 12.1. The van der Waals surface area contributed by atoms with E-state index in [1.807, 2.05) is 25.1 Å². The van der Waals surface area contributed by atoms with E-state index in [0.29, 0.717) is 17.0 Å². The summed E-state index contributed by atoms with van der Waals surface area (Å²) in [4.78, 5) is 15.3. The van der Waals surface area contributed by atoms with Gasteiger partial charge in [0.2, 0.25) is 5.89 Å². The van der Waals surface area contributed by atoms with Crippen molar-refractivity contribution >= 4 is 33.0 Å². The van der Waals surface area contributed by atoms with Crippen molar-refractivity contribution in [1.29, 1.82) is 0 Å². The van der Waals surface area contributed by atoms with Crippen LogP contribution in [0.1, 0.15) is 15.9 Å². The van der Waals surface area contributed by atoms with E-state index in [0.717, 1.165) is 15.6 Å². The molecule has 0 fully saturated rings. The van der Waals surface area contributed by atoms with Crippen molar-refractivity contribution < 1.29 is 14.3 Å². The van der Waals surface area contributed by atoms with Crippen LogP contribution in [-0.4, -0.2) is 16.1 Å². The number of aromatic carboxylic acids is 1. The molecule has 4 nitrogen and oxygen atoms in total. The van der Waals surface area contributed by atoms with Gasteiger partial charge in [0.05, 0.1) is 5.56 Å². The van der Waals surface area contributed by atoms with Crippen molar-refractivity contribution in [3.05, 3.63) is 52.0 Å². The minimum absolute atomic E-state index is 0.198. The molecule has 20 heavy (non-hydrogen) atoms. The lowest BCUT2D eigenvalue weighted by Crippen LogP contribution is -1.94. The van der Waals surface area contributed by atoms with E-state index in [4.69, 9.17) is 9.52 Å². The quantitative estimate of drug-likeness (QED) is 0.761. The highest BCUT2D eigenvalue weighted by molar-refractivity contribution is 9.10. The second kappa shape index (κ2) is 4.76. The number of hydrogen-bond acceptors (Lipinski definition) is 3. The van der Waals surface area contributed by atoms with Crippen LogP contribution >= 0.6 is 15.9 Å². The van der Waals surface area contributed by atoms with Crippen molar-refractivity contribution in [2.24, 2.45) is 0 Å². The maximum absolute atomic E-state index is 11.0. The summed E-state index contributed by atoms with van der Waals surface area (Å²) in [6, 6.07) is 10.4. The summed E-state index contributed by atoms with van der Waals surface area (Å²) >= 11 is 3.47. The minimum Gasteiger partial charge on any atom is -0.478 e. The van der Waals surface area contributed by atoms with E-state index in [2.05, 4.69) is 20.9 Å². The summed E-state index contributed by atoms with van der Waals surface area (Å²) < 4.78 is 6.68. The molecule has 5 heteroatoms. The Hall–Kier alpha value is -2.14. The first kappa shape index (κ1) is 12.9. The molecule has 1 N–H and O–H groups in total. The highest BCUT2D eigenvalue weighted by atomic mass is 79.9. The molecule has 100 valence electrons. The first-order valence-corrected chi connectivity index (χ1v) is 6.75. The lowest BCUT2D eigenvalue weighted by Gasteiger charge is -2.02. The van der Waals surface area contributed by atoms with Crippen molar-refractivity contribution in [2.75, 3.05) is 0 Å². The summed E-state index contributed by atoms with van der Waals surface area (Å²) in [5.74, 6) is -0.489. The standard InChI is InChI=1S/C15H10BrNO3/c1-8-10(3-2-4-11(8)16)14-17-12-7-9(15(18)19)5-6-13(12)20-14/h2-7H,1H3,(H,18,19). The number of carbonyl (C=O) groups is 1. The van der Waals surface area contributed by atoms with Crippen molar-refractivity contribution in [2.45, 2.75) is 6.92 Å². The Morgan fingerprint density at radius 3 is 2.85 bits per heavy atom. The number of hydrogen-bond donors (Lipinski definition) is 1. The van der Waals surface area contributed by atoms with Crippen LogP contribution in [0, 0.1) is 6.92 Å². The van der Waals surface area contributed by atoms with Crippen LogP contribution in [-0.2, 0) is 0 Å². The van der Waals surface area contributed by atoms with Gasteiger partial charge in [0.1, 0.15) is 5.52 Å². The van der Waals surface area contributed by atoms with Gasteiger partial charge in [-0.15, -0.1) is 0 Å². The Labute approximate surface area is 123 Å². The number of rotatable bonds is 2. The molecule has 3 rings (SSSR count). The number of halogens is 1. The first-order valence-electron chi connectivity index (χ1n) is 5.95. The van der Waals surface area contributed by atoms with Crippen LogP contribution in [0.5, 0.6) is 0 Å². The predicted octanol–water partition coefficient (Wildman–Crippen LogP) is 4.26. The number of carboxylic acid groups (broad SMARTS) is 1. The zero-order valence-electron chi connectivity index (χ0n) is 10.6. The Balaban J connectivity index is 2.18. The fraction of sp³-hybridized carbons (Fsp3) is 0.0667. The molecule has 0 aliphatic heterocycles. The molecule has 0 atom stereocenters. The largest absolute Gasteiger partial charge is 0.478 e. The molecular formula is C15H10BrNO3. The predicted molar refractivity (Wildman–Crippen MR) is 78.8 cm³/mol. The summed E-state index contributed by atoms with van der Waals surface area (Å²) in [5.41, 5.74) is 3.22. The van der Waals surface area contributed by atoms with Crippen LogP contribution in [0.15, 0.2) is 45.3 Å². The van der Waals surface area contributed by atoms with Crippen LogP contribution in [0.25, 0.3) is 22.6 Å². The van der Waals surface area contributed by atoms with E-state index >= 15 is 0 Å². The first-order chi connectivity index (χ1) is 9.56. The van der Waals surface area contributed by atoms with Gasteiger partial charge in [0.25, 0.3) is 0 Å². The third-order valence-corrected chi connectivity index (χ3v) is 3.99. The molecule has 2 aromatic carbocycles. The van der Waals surface area contributed by atoms with Crippen LogP contribution in [0.3, 0.4) is 0 Å². The molecule has 0 aliphatic rings. The Bertz CT molecular complexity index is 823. The summed E-state index contributed by atoms with van der Waals surface area (Å²) in [6.45, 7) is 1.97. The van der Waals surface area contributed by atoms with Crippen LogP contribution in [0.2, 0.25) is 0 Å². The Kier molecular flexibility index (Phi) is 3.06. The van der Waals surface area contributed by atoms with Gasteiger partial charge in [-0.1, -0.05) is 22.0 Å². The number of benzene rings is 2. The lowest BCUT2D eigenvalue weighted by atomic mass is 10.1. The lowest BCUT2D eigenvalue weighted by molar-refractivity contribution is 0.0697. The van der Waals surface area contributed by atoms with Gasteiger partial charge in [-0.05, 0) is 42.8 Å². The van der Waals surface area contributed by atoms with Gasteiger partial charge >= 0.3 is 5.97 Å². The fourth-order valence-corrected chi connectivity index (χ4v) is 2.38. The van der Waals surface area contributed by atoms with Gasteiger partial charge in [0, 0.05) is 10.0 Å². The van der Waals surface area contributed by atoms with Gasteiger partial charge in [-0.2, -0.15) is 0 Å². The Morgan fingerprint density at radius 1 is 1.30 bits per heavy atom. The van der Waals surface area contributed by atoms with E-state index in [1.165, 1.54) is 12.1 Å². The molecule has 0 saturated carbocycles. The van der Waals surface area contributed by atoms with E-state index in [9.17, 15) is 4.79 Å². The highest BCUT2D eigenvalue weighted by Crippen LogP contribution is 2.30. The molecule has 3 aromatic rings. The molecule has 0 aliphatic carbocycles. The molecule has 0 amide bonds. The number of oxazole rings is 1. The van der Waals surface area contributed by atoms with Gasteiger partial charge in [-0.3, -0.25) is 0 Å². The minimum atomic E-state index is -0.977. The highest BCUT2D eigenvalue weighted by Gasteiger charge is 2.13. The maximum Gasteiger partial charge on any atom is 0.335 e. The summed E-state index contributed by atoms with van der Waals surface area (Å²) in [6.07, 6.45) is 0. The summed E-state index contributed by atoms with van der Waals surface area (Å²) in [5, 5.41) is 8.98. The second-order valence-electron chi connectivity index (χ2n) is 4.42. The second-order valence-corrected chi connectivity index (χ2v) is 5.27. The SMILES string of the molecule is Cc1c(Br)cccc1-c1nc2cc(C(=O)O)ccc2o1. The topological polar surface area (TPSA) is 63.3 Å². The monoisotopic (exact) mass is 331 g/mol. The number of aromatic nitrogens is 1. The zero-order chi connectivity index (χ0) is 14.3.